The summed E-state index contributed by atoms with van der Waals surface area (Å²) in [4.78, 5) is 4.22. The van der Waals surface area contributed by atoms with Crippen molar-refractivity contribution in [2.24, 2.45) is 5.73 Å². The van der Waals surface area contributed by atoms with Gasteiger partial charge < -0.3 is 10.5 Å². The van der Waals surface area contributed by atoms with Gasteiger partial charge in [-0.1, -0.05) is 12.2 Å². The molecule has 0 aliphatic heterocycles. The number of halogens is 1. The van der Waals surface area contributed by atoms with Crippen LogP contribution in [0.25, 0.3) is 10.6 Å². The van der Waals surface area contributed by atoms with Crippen LogP contribution in [-0.4, -0.2) is 18.1 Å². The van der Waals surface area contributed by atoms with Crippen LogP contribution in [-0.2, 0) is 0 Å². The minimum atomic E-state index is 0.160. The fraction of sp³-hybridized carbons (Fsp3) is 0.235. The van der Waals surface area contributed by atoms with Crippen LogP contribution < -0.4 is 10.5 Å². The lowest BCUT2D eigenvalue weighted by atomic mass is 10.2. The first-order chi connectivity index (χ1) is 10.7. The number of nitrogens with two attached hydrogens (primary N) is 1. The summed E-state index contributed by atoms with van der Waals surface area (Å²) in [5, 5.41) is 2.90. The molecule has 0 radical (unpaired) electrons. The summed E-state index contributed by atoms with van der Waals surface area (Å²) < 4.78 is 17.7. The lowest BCUT2D eigenvalue weighted by Gasteiger charge is -2.07. The van der Waals surface area contributed by atoms with Gasteiger partial charge in [0.1, 0.15) is 17.4 Å². The number of ether oxygens (including phenoxy) is 1. The average molecular weight is 320 g/mol. The summed E-state index contributed by atoms with van der Waals surface area (Å²) in [6, 6.07) is 7.52. The van der Waals surface area contributed by atoms with E-state index in [4.69, 9.17) is 10.5 Å². The number of rotatable bonds is 5. The summed E-state index contributed by atoms with van der Waals surface area (Å²) >= 11 is 1.58. The van der Waals surface area contributed by atoms with Gasteiger partial charge >= 0.3 is 0 Å². The molecule has 3 nitrogen and oxygen atoms in total. The van der Waals surface area contributed by atoms with Crippen molar-refractivity contribution in [1.82, 2.24) is 4.98 Å². The van der Waals surface area contributed by atoms with E-state index < -0.39 is 0 Å². The highest BCUT2D eigenvalue weighted by Gasteiger charge is 2.01. The van der Waals surface area contributed by atoms with Crippen molar-refractivity contribution >= 4 is 11.3 Å². The molecule has 0 amide bonds. The molecule has 118 valence electrons. The maximum atomic E-state index is 12.3. The fourth-order valence-corrected chi connectivity index (χ4v) is 2.02. The van der Waals surface area contributed by atoms with E-state index in [-0.39, 0.29) is 13.2 Å². The standard InChI is InChI=1S/C13H13FN2OS.C4H8/c14-7-10(8-15)9-17-12-3-1-11(2-4-12)13-16-5-6-18-13;1-3-4-2/h1-7H,8-9,15H2;3-4H,1-2H3/b10-7-;4-3-. The van der Waals surface area contributed by atoms with Gasteiger partial charge in [-0.2, -0.15) is 0 Å². The highest BCUT2D eigenvalue weighted by Crippen LogP contribution is 2.24. The third-order valence-electron chi connectivity index (χ3n) is 2.71. The molecule has 5 heteroatoms. The predicted molar refractivity (Wildman–Crippen MR) is 91.8 cm³/mol. The second-order valence-corrected chi connectivity index (χ2v) is 5.18. The van der Waals surface area contributed by atoms with Gasteiger partial charge in [0.05, 0.1) is 6.33 Å². The number of benzene rings is 1. The van der Waals surface area contributed by atoms with Gasteiger partial charge in [0.25, 0.3) is 0 Å². The number of thiazole rings is 1. The van der Waals surface area contributed by atoms with Crippen LogP contribution in [0, 0.1) is 0 Å². The summed E-state index contributed by atoms with van der Waals surface area (Å²) in [5.41, 5.74) is 6.81. The molecule has 1 aromatic heterocycles. The van der Waals surface area contributed by atoms with Crippen LogP contribution in [0.3, 0.4) is 0 Å². The highest BCUT2D eigenvalue weighted by molar-refractivity contribution is 7.13. The first-order valence-corrected chi connectivity index (χ1v) is 7.81. The zero-order chi connectivity index (χ0) is 16.2. The van der Waals surface area contributed by atoms with Crippen LogP contribution in [0.1, 0.15) is 13.8 Å². The molecular formula is C17H21FN2OS. The van der Waals surface area contributed by atoms with E-state index in [1.807, 2.05) is 55.6 Å². The Balaban J connectivity index is 0.000000541. The maximum absolute atomic E-state index is 12.3. The minimum Gasteiger partial charge on any atom is -0.489 e. The number of aromatic nitrogens is 1. The molecule has 2 rings (SSSR count). The van der Waals surface area contributed by atoms with Crippen molar-refractivity contribution in [3.8, 4) is 16.3 Å². The van der Waals surface area contributed by atoms with E-state index in [9.17, 15) is 4.39 Å². The van der Waals surface area contributed by atoms with Gasteiger partial charge in [0.15, 0.2) is 0 Å². The summed E-state index contributed by atoms with van der Waals surface area (Å²) in [6.45, 7) is 4.33. The maximum Gasteiger partial charge on any atom is 0.123 e. The van der Waals surface area contributed by atoms with Crippen LogP contribution in [0.15, 0.2) is 59.9 Å². The van der Waals surface area contributed by atoms with Crippen molar-refractivity contribution in [2.45, 2.75) is 13.8 Å². The summed E-state index contributed by atoms with van der Waals surface area (Å²) in [7, 11) is 0. The molecule has 0 saturated heterocycles. The van der Waals surface area contributed by atoms with Crippen LogP contribution in [0.2, 0.25) is 0 Å². The van der Waals surface area contributed by atoms with Crippen molar-refractivity contribution in [1.29, 1.82) is 0 Å². The van der Waals surface area contributed by atoms with Gasteiger partial charge in [-0.25, -0.2) is 9.37 Å². The number of hydrogen-bond acceptors (Lipinski definition) is 4. The topological polar surface area (TPSA) is 48.1 Å². The van der Waals surface area contributed by atoms with E-state index in [1.54, 1.807) is 17.5 Å². The molecule has 0 bridgehead atoms. The van der Waals surface area contributed by atoms with Crippen molar-refractivity contribution < 1.29 is 9.13 Å². The Hall–Kier alpha value is -1.98. The molecular weight excluding hydrogens is 299 g/mol. The van der Waals surface area contributed by atoms with Crippen molar-refractivity contribution in [3.05, 3.63) is 59.9 Å². The Morgan fingerprint density at radius 1 is 1.27 bits per heavy atom. The molecule has 1 aromatic carbocycles. The second-order valence-electron chi connectivity index (χ2n) is 4.29. The van der Waals surface area contributed by atoms with Gasteiger partial charge in [0.2, 0.25) is 0 Å². The summed E-state index contributed by atoms with van der Waals surface area (Å²) in [5.74, 6) is 0.683. The van der Waals surface area contributed by atoms with Crippen molar-refractivity contribution in [2.75, 3.05) is 13.2 Å². The zero-order valence-corrected chi connectivity index (χ0v) is 13.6. The minimum absolute atomic E-state index is 0.160. The molecule has 0 saturated carbocycles. The third kappa shape index (κ3) is 6.20. The number of allylic oxidation sites excluding steroid dienone is 2. The Kier molecular flexibility index (Phi) is 8.79. The third-order valence-corrected chi connectivity index (χ3v) is 3.53. The van der Waals surface area contributed by atoms with Gasteiger partial charge in [-0.3, -0.25) is 0 Å². The van der Waals surface area contributed by atoms with E-state index in [1.165, 1.54) is 0 Å². The lowest BCUT2D eigenvalue weighted by molar-refractivity contribution is 0.347. The molecule has 0 aliphatic rings. The molecule has 1 heterocycles. The molecule has 0 aliphatic carbocycles. The fourth-order valence-electron chi connectivity index (χ4n) is 1.37. The molecule has 0 atom stereocenters. The Morgan fingerprint density at radius 3 is 2.41 bits per heavy atom. The Bertz CT molecular complexity index is 573. The quantitative estimate of drug-likeness (QED) is 0.820. The monoisotopic (exact) mass is 320 g/mol. The molecule has 2 aromatic rings. The average Bonchev–Trinajstić information content (AvgIpc) is 3.11. The first kappa shape index (κ1) is 18.1. The van der Waals surface area contributed by atoms with E-state index in [0.29, 0.717) is 17.7 Å². The zero-order valence-electron chi connectivity index (χ0n) is 12.8. The predicted octanol–water partition coefficient (Wildman–Crippen LogP) is 4.58. The van der Waals surface area contributed by atoms with E-state index >= 15 is 0 Å². The molecule has 0 unspecified atom stereocenters. The molecule has 0 fully saturated rings. The smallest absolute Gasteiger partial charge is 0.123 e. The van der Waals surface area contributed by atoms with Crippen molar-refractivity contribution in [3.63, 3.8) is 0 Å². The van der Waals surface area contributed by atoms with Crippen LogP contribution in [0.5, 0.6) is 5.75 Å². The number of hydrogen-bond donors (Lipinski definition) is 1. The van der Waals surface area contributed by atoms with E-state index in [0.717, 1.165) is 10.6 Å². The Morgan fingerprint density at radius 2 is 1.95 bits per heavy atom. The van der Waals surface area contributed by atoms with Gasteiger partial charge in [0, 0.05) is 29.3 Å². The van der Waals surface area contributed by atoms with Crippen LogP contribution in [0.4, 0.5) is 4.39 Å². The second kappa shape index (κ2) is 10.7. The first-order valence-electron chi connectivity index (χ1n) is 6.93. The van der Waals surface area contributed by atoms with Gasteiger partial charge in [-0.05, 0) is 38.1 Å². The lowest BCUT2D eigenvalue weighted by Crippen LogP contribution is -2.10. The normalized spacial score (nSPS) is 11.2. The van der Waals surface area contributed by atoms with E-state index in [2.05, 4.69) is 4.98 Å². The Labute approximate surface area is 135 Å². The largest absolute Gasteiger partial charge is 0.489 e. The SMILES string of the molecule is C/C=C\C.NC/C(=C/F)COc1ccc(-c2nccs2)cc1. The number of nitrogens with zero attached hydrogens (tertiary/aromatic N) is 1. The molecule has 0 spiro atoms. The molecule has 2 N–H and O–H groups in total. The van der Waals surface area contributed by atoms with Gasteiger partial charge in [-0.15, -0.1) is 11.3 Å². The highest BCUT2D eigenvalue weighted by atomic mass is 32.1. The molecule has 22 heavy (non-hydrogen) atoms. The summed E-state index contributed by atoms with van der Waals surface area (Å²) in [6.07, 6.45) is 6.26. The van der Waals surface area contributed by atoms with Crippen LogP contribution >= 0.6 is 11.3 Å².